The van der Waals surface area contributed by atoms with Crippen LogP contribution in [0.4, 0.5) is 11.4 Å². The highest BCUT2D eigenvalue weighted by molar-refractivity contribution is 9.10. The lowest BCUT2D eigenvalue weighted by Gasteiger charge is -2.24. The van der Waals surface area contributed by atoms with Gasteiger partial charge in [-0.05, 0) is 30.5 Å². The molecule has 0 spiro atoms. The van der Waals surface area contributed by atoms with E-state index in [2.05, 4.69) is 47.8 Å². The Hall–Kier alpha value is -0.700. The van der Waals surface area contributed by atoms with Gasteiger partial charge in [0.15, 0.2) is 0 Å². The van der Waals surface area contributed by atoms with Crippen LogP contribution in [0.5, 0.6) is 0 Å². The first kappa shape index (κ1) is 13.4. The largest absolute Gasteiger partial charge is 0.397 e. The molecule has 1 atom stereocenters. The molecule has 0 heterocycles. The first-order chi connectivity index (χ1) is 7.54. The van der Waals surface area contributed by atoms with Gasteiger partial charge in [0.2, 0.25) is 0 Å². The molecule has 16 heavy (non-hydrogen) atoms. The average molecular weight is 285 g/mol. The van der Waals surface area contributed by atoms with Gasteiger partial charge in [-0.1, -0.05) is 36.2 Å². The van der Waals surface area contributed by atoms with Crippen molar-refractivity contribution in [2.75, 3.05) is 24.2 Å². The van der Waals surface area contributed by atoms with Crippen molar-refractivity contribution in [3.05, 3.63) is 22.7 Å². The number of nitrogen functional groups attached to an aromatic ring is 1. The Morgan fingerprint density at radius 3 is 2.69 bits per heavy atom. The first-order valence-electron chi connectivity index (χ1n) is 5.80. The summed E-state index contributed by atoms with van der Waals surface area (Å²) >= 11 is 3.42. The summed E-state index contributed by atoms with van der Waals surface area (Å²) in [4.78, 5) is 2.24. The van der Waals surface area contributed by atoms with Crippen molar-refractivity contribution >= 4 is 27.3 Å². The van der Waals surface area contributed by atoms with E-state index in [1.165, 1.54) is 12.8 Å². The Labute approximate surface area is 107 Å². The molecule has 0 saturated carbocycles. The lowest BCUT2D eigenvalue weighted by Crippen LogP contribution is -2.24. The van der Waals surface area contributed by atoms with Crippen molar-refractivity contribution in [3.8, 4) is 0 Å². The molecule has 1 aromatic carbocycles. The summed E-state index contributed by atoms with van der Waals surface area (Å²) in [6.07, 6.45) is 2.51. The summed E-state index contributed by atoms with van der Waals surface area (Å²) < 4.78 is 1.03. The monoisotopic (exact) mass is 284 g/mol. The van der Waals surface area contributed by atoms with Crippen molar-refractivity contribution in [2.45, 2.75) is 26.7 Å². The standard InChI is InChI=1S/C13H21BrN2/c1-4-5-10(2)9-16(3)13-7-6-11(14)8-12(13)15/h6-8,10H,4-5,9,15H2,1-3H3. The maximum absolute atomic E-state index is 6.00. The molecule has 1 aromatic rings. The number of benzene rings is 1. The fourth-order valence-corrected chi connectivity index (χ4v) is 2.40. The zero-order chi connectivity index (χ0) is 12.1. The van der Waals surface area contributed by atoms with Crippen molar-refractivity contribution in [2.24, 2.45) is 5.92 Å². The Kier molecular flexibility index (Phi) is 5.13. The summed E-state index contributed by atoms with van der Waals surface area (Å²) in [5, 5.41) is 0. The van der Waals surface area contributed by atoms with E-state index in [-0.39, 0.29) is 0 Å². The maximum Gasteiger partial charge on any atom is 0.0598 e. The first-order valence-corrected chi connectivity index (χ1v) is 6.60. The maximum atomic E-state index is 6.00. The molecule has 0 bridgehead atoms. The molecule has 2 nitrogen and oxygen atoms in total. The van der Waals surface area contributed by atoms with Crippen molar-refractivity contribution in [3.63, 3.8) is 0 Å². The Morgan fingerprint density at radius 2 is 2.12 bits per heavy atom. The number of nitrogens with zero attached hydrogens (tertiary/aromatic N) is 1. The fourth-order valence-electron chi connectivity index (χ4n) is 2.02. The van der Waals surface area contributed by atoms with Crippen molar-refractivity contribution in [1.82, 2.24) is 0 Å². The number of halogens is 1. The summed E-state index contributed by atoms with van der Waals surface area (Å²) in [5.41, 5.74) is 7.95. The molecule has 0 amide bonds. The van der Waals surface area contributed by atoms with Gasteiger partial charge in [-0.2, -0.15) is 0 Å². The van der Waals surface area contributed by atoms with Crippen LogP contribution in [0.1, 0.15) is 26.7 Å². The number of hydrogen-bond acceptors (Lipinski definition) is 2. The van der Waals surface area contributed by atoms with E-state index in [1.807, 2.05) is 12.1 Å². The SMILES string of the molecule is CCCC(C)CN(C)c1ccc(Br)cc1N. The van der Waals surface area contributed by atoms with Gasteiger partial charge in [0.25, 0.3) is 0 Å². The minimum Gasteiger partial charge on any atom is -0.397 e. The quantitative estimate of drug-likeness (QED) is 0.831. The van der Waals surface area contributed by atoms with Crippen LogP contribution >= 0.6 is 15.9 Å². The van der Waals surface area contributed by atoms with Crippen LogP contribution in [0.2, 0.25) is 0 Å². The van der Waals surface area contributed by atoms with Crippen molar-refractivity contribution in [1.29, 1.82) is 0 Å². The third-order valence-electron chi connectivity index (χ3n) is 2.77. The van der Waals surface area contributed by atoms with E-state index >= 15 is 0 Å². The molecule has 0 aliphatic carbocycles. The van der Waals surface area contributed by atoms with E-state index in [9.17, 15) is 0 Å². The van der Waals surface area contributed by atoms with E-state index in [0.717, 1.165) is 22.4 Å². The second-order valence-corrected chi connectivity index (χ2v) is 5.39. The van der Waals surface area contributed by atoms with Gasteiger partial charge < -0.3 is 10.6 Å². The van der Waals surface area contributed by atoms with Crippen LogP contribution in [0, 0.1) is 5.92 Å². The lowest BCUT2D eigenvalue weighted by atomic mass is 10.1. The van der Waals surface area contributed by atoms with Crippen LogP contribution in [0.15, 0.2) is 22.7 Å². The van der Waals surface area contributed by atoms with Crippen LogP contribution in [-0.4, -0.2) is 13.6 Å². The average Bonchev–Trinajstić information content (AvgIpc) is 2.17. The molecule has 0 saturated heterocycles. The van der Waals surface area contributed by atoms with E-state index in [1.54, 1.807) is 0 Å². The Balaban J connectivity index is 2.69. The van der Waals surface area contributed by atoms with Crippen LogP contribution < -0.4 is 10.6 Å². The zero-order valence-corrected chi connectivity index (χ0v) is 11.9. The highest BCUT2D eigenvalue weighted by atomic mass is 79.9. The van der Waals surface area contributed by atoms with E-state index in [4.69, 9.17) is 5.73 Å². The number of rotatable bonds is 5. The summed E-state index contributed by atoms with van der Waals surface area (Å²) in [6.45, 7) is 5.57. The van der Waals surface area contributed by atoms with Gasteiger partial charge in [0, 0.05) is 18.1 Å². The molecule has 0 aromatic heterocycles. The summed E-state index contributed by atoms with van der Waals surface area (Å²) in [6, 6.07) is 6.06. The van der Waals surface area contributed by atoms with Crippen LogP contribution in [0.25, 0.3) is 0 Å². The molecule has 90 valence electrons. The van der Waals surface area contributed by atoms with Gasteiger partial charge in [-0.25, -0.2) is 0 Å². The molecule has 0 fully saturated rings. The smallest absolute Gasteiger partial charge is 0.0598 e. The Morgan fingerprint density at radius 1 is 1.44 bits per heavy atom. The molecule has 0 aliphatic heterocycles. The molecule has 2 N–H and O–H groups in total. The minimum atomic E-state index is 0.707. The zero-order valence-electron chi connectivity index (χ0n) is 10.3. The van der Waals surface area contributed by atoms with E-state index < -0.39 is 0 Å². The molecule has 3 heteroatoms. The molecular weight excluding hydrogens is 264 g/mol. The predicted octanol–water partition coefficient (Wildman–Crippen LogP) is 3.90. The lowest BCUT2D eigenvalue weighted by molar-refractivity contribution is 0.524. The molecule has 1 rings (SSSR count). The summed E-state index contributed by atoms with van der Waals surface area (Å²) in [7, 11) is 2.10. The fraction of sp³-hybridized carbons (Fsp3) is 0.538. The molecule has 0 radical (unpaired) electrons. The third kappa shape index (κ3) is 3.71. The third-order valence-corrected chi connectivity index (χ3v) is 3.26. The van der Waals surface area contributed by atoms with Gasteiger partial charge in [-0.3, -0.25) is 0 Å². The highest BCUT2D eigenvalue weighted by Gasteiger charge is 2.09. The van der Waals surface area contributed by atoms with Gasteiger partial charge in [0.05, 0.1) is 11.4 Å². The van der Waals surface area contributed by atoms with E-state index in [0.29, 0.717) is 5.92 Å². The molecule has 1 unspecified atom stereocenters. The number of hydrogen-bond donors (Lipinski definition) is 1. The van der Waals surface area contributed by atoms with Gasteiger partial charge in [0.1, 0.15) is 0 Å². The molecular formula is C13H21BrN2. The van der Waals surface area contributed by atoms with Crippen LogP contribution in [-0.2, 0) is 0 Å². The molecule has 0 aliphatic rings. The predicted molar refractivity (Wildman–Crippen MR) is 75.9 cm³/mol. The second-order valence-electron chi connectivity index (χ2n) is 4.48. The number of nitrogens with two attached hydrogens (primary N) is 1. The van der Waals surface area contributed by atoms with Gasteiger partial charge in [-0.15, -0.1) is 0 Å². The van der Waals surface area contributed by atoms with Gasteiger partial charge >= 0.3 is 0 Å². The van der Waals surface area contributed by atoms with Crippen LogP contribution in [0.3, 0.4) is 0 Å². The van der Waals surface area contributed by atoms with Crippen molar-refractivity contribution < 1.29 is 0 Å². The number of anilines is 2. The Bertz CT molecular complexity index is 339. The highest BCUT2D eigenvalue weighted by Crippen LogP contribution is 2.26. The topological polar surface area (TPSA) is 29.3 Å². The second kappa shape index (κ2) is 6.14. The normalized spacial score (nSPS) is 12.5. The minimum absolute atomic E-state index is 0.707. The summed E-state index contributed by atoms with van der Waals surface area (Å²) in [5.74, 6) is 0.707.